The summed E-state index contributed by atoms with van der Waals surface area (Å²) in [7, 11) is 0. The van der Waals surface area contributed by atoms with Gasteiger partial charge in [-0.15, -0.1) is 0 Å². The zero-order valence-corrected chi connectivity index (χ0v) is 22.4. The highest BCUT2D eigenvalue weighted by Crippen LogP contribution is 2.34. The summed E-state index contributed by atoms with van der Waals surface area (Å²) >= 11 is 0. The first-order chi connectivity index (χ1) is 20.7. The van der Waals surface area contributed by atoms with Gasteiger partial charge in [0.15, 0.2) is 0 Å². The minimum Gasteiger partial charge on any atom is -0.308 e. The molecule has 0 radical (unpaired) electrons. The van der Waals surface area contributed by atoms with E-state index in [1.165, 1.54) is 10.8 Å². The normalized spacial score (nSPS) is 11.4. The van der Waals surface area contributed by atoms with Crippen molar-refractivity contribution in [1.82, 2.24) is 14.1 Å². The van der Waals surface area contributed by atoms with Crippen molar-refractivity contribution in [3.63, 3.8) is 0 Å². The monoisotopic (exact) mass is 538 g/mol. The molecule has 0 bridgehead atoms. The lowest BCUT2D eigenvalue weighted by Gasteiger charge is -2.11. The Labute approximate surface area is 241 Å². The van der Waals surface area contributed by atoms with E-state index in [-0.39, 0.29) is 5.78 Å². The number of hydrogen-bond donors (Lipinski definition) is 0. The lowest BCUT2D eigenvalue weighted by atomic mass is 10.0. The van der Waals surface area contributed by atoms with Crippen LogP contribution >= 0.6 is 0 Å². The van der Waals surface area contributed by atoms with Gasteiger partial charge in [0, 0.05) is 27.1 Å². The number of rotatable bonds is 4. The standard InChI is InChI=1S/C37H22N4O/c38-22-25-21-24(17-20-32(25)41-35-15-7-3-11-29(35)30-12-4-8-16-36(30)41)37(42)31-19-18-26(23-39-31)40-33-13-5-1-9-27(33)28-10-2-6-14-34(28)40/h1-21,23H. The molecule has 0 spiro atoms. The van der Waals surface area contributed by atoms with Crippen molar-refractivity contribution < 1.29 is 4.79 Å². The summed E-state index contributed by atoms with van der Waals surface area (Å²) in [5.74, 6) is -0.228. The van der Waals surface area contributed by atoms with Crippen LogP contribution in [0.1, 0.15) is 21.6 Å². The van der Waals surface area contributed by atoms with Crippen LogP contribution in [-0.4, -0.2) is 19.9 Å². The molecule has 196 valence electrons. The molecule has 3 heterocycles. The van der Waals surface area contributed by atoms with Gasteiger partial charge in [0.25, 0.3) is 0 Å². The second-order valence-corrected chi connectivity index (χ2v) is 10.3. The molecule has 5 nitrogen and oxygen atoms in total. The number of carbonyl (C=O) groups is 1. The predicted molar refractivity (Wildman–Crippen MR) is 168 cm³/mol. The lowest BCUT2D eigenvalue weighted by molar-refractivity contribution is 0.103. The molecule has 0 saturated carbocycles. The summed E-state index contributed by atoms with van der Waals surface area (Å²) in [5, 5.41) is 14.7. The quantitative estimate of drug-likeness (QED) is 0.211. The fourth-order valence-electron chi connectivity index (χ4n) is 6.15. The van der Waals surface area contributed by atoms with Gasteiger partial charge in [-0.2, -0.15) is 5.26 Å². The lowest BCUT2D eigenvalue weighted by Crippen LogP contribution is -2.07. The second kappa shape index (κ2) is 9.29. The van der Waals surface area contributed by atoms with Crippen LogP contribution in [0.25, 0.3) is 55.0 Å². The van der Waals surface area contributed by atoms with E-state index >= 15 is 0 Å². The first-order valence-corrected chi connectivity index (χ1v) is 13.7. The Morgan fingerprint density at radius 2 is 1.10 bits per heavy atom. The highest BCUT2D eigenvalue weighted by Gasteiger charge is 2.18. The number of pyridine rings is 1. The molecule has 0 saturated heterocycles. The van der Waals surface area contributed by atoms with Gasteiger partial charge in [0.1, 0.15) is 11.8 Å². The third-order valence-corrected chi connectivity index (χ3v) is 8.02. The van der Waals surface area contributed by atoms with E-state index in [9.17, 15) is 10.1 Å². The van der Waals surface area contributed by atoms with Crippen LogP contribution in [0, 0.1) is 11.3 Å². The van der Waals surface area contributed by atoms with Crippen molar-refractivity contribution in [1.29, 1.82) is 5.26 Å². The molecule has 0 unspecified atom stereocenters. The summed E-state index contributed by atoms with van der Waals surface area (Å²) in [6.45, 7) is 0. The Morgan fingerprint density at radius 1 is 0.595 bits per heavy atom. The van der Waals surface area contributed by atoms with Crippen LogP contribution in [0.4, 0.5) is 0 Å². The van der Waals surface area contributed by atoms with Crippen LogP contribution in [0.2, 0.25) is 0 Å². The van der Waals surface area contributed by atoms with Crippen LogP contribution in [0.15, 0.2) is 134 Å². The second-order valence-electron chi connectivity index (χ2n) is 10.3. The molecule has 0 atom stereocenters. The molecule has 0 aliphatic carbocycles. The molecule has 8 aromatic rings. The van der Waals surface area contributed by atoms with Gasteiger partial charge in [-0.25, -0.2) is 0 Å². The molecule has 0 amide bonds. The Morgan fingerprint density at radius 3 is 1.57 bits per heavy atom. The maximum Gasteiger partial charge on any atom is 0.211 e. The van der Waals surface area contributed by atoms with Crippen molar-refractivity contribution in [2.45, 2.75) is 0 Å². The zero-order chi connectivity index (χ0) is 28.2. The third kappa shape index (κ3) is 3.49. The van der Waals surface area contributed by atoms with E-state index < -0.39 is 0 Å². The van der Waals surface area contributed by atoms with Crippen molar-refractivity contribution in [2.75, 3.05) is 0 Å². The molecule has 8 rings (SSSR count). The molecular formula is C37H22N4O. The molecule has 3 aromatic heterocycles. The summed E-state index contributed by atoms with van der Waals surface area (Å²) in [5.41, 5.74) is 6.98. The van der Waals surface area contributed by atoms with Crippen molar-refractivity contribution in [3.8, 4) is 17.4 Å². The molecule has 0 aliphatic rings. The predicted octanol–water partition coefficient (Wildman–Crippen LogP) is 8.38. The van der Waals surface area contributed by atoms with Gasteiger partial charge >= 0.3 is 0 Å². The Kier molecular flexibility index (Phi) is 5.28. The summed E-state index contributed by atoms with van der Waals surface area (Å²) in [4.78, 5) is 18.1. The highest BCUT2D eigenvalue weighted by molar-refractivity contribution is 6.11. The molecule has 0 N–H and O–H groups in total. The fraction of sp³-hybridized carbons (Fsp3) is 0. The molecule has 42 heavy (non-hydrogen) atoms. The number of benzene rings is 5. The molecule has 5 heteroatoms. The van der Waals surface area contributed by atoms with Crippen LogP contribution < -0.4 is 0 Å². The van der Waals surface area contributed by atoms with E-state index in [0.717, 1.165) is 44.2 Å². The fourth-order valence-corrected chi connectivity index (χ4v) is 6.15. The number of aromatic nitrogens is 3. The zero-order valence-electron chi connectivity index (χ0n) is 22.4. The minimum atomic E-state index is -0.228. The topological polar surface area (TPSA) is 63.6 Å². The van der Waals surface area contributed by atoms with Crippen molar-refractivity contribution in [2.24, 2.45) is 0 Å². The highest BCUT2D eigenvalue weighted by atomic mass is 16.1. The number of fused-ring (bicyclic) bond motifs is 6. The van der Waals surface area contributed by atoms with Gasteiger partial charge in [0.05, 0.1) is 45.2 Å². The number of carbonyl (C=O) groups excluding carboxylic acids is 1. The first kappa shape index (κ1) is 23.9. The first-order valence-electron chi connectivity index (χ1n) is 13.7. The van der Waals surface area contributed by atoms with E-state index in [4.69, 9.17) is 0 Å². The van der Waals surface area contributed by atoms with Crippen molar-refractivity contribution >= 4 is 49.4 Å². The Balaban J connectivity index is 1.19. The smallest absolute Gasteiger partial charge is 0.211 e. The van der Waals surface area contributed by atoms with Gasteiger partial charge in [0.2, 0.25) is 5.78 Å². The average molecular weight is 539 g/mol. The maximum atomic E-state index is 13.6. The van der Waals surface area contributed by atoms with Gasteiger partial charge in [-0.1, -0.05) is 72.8 Å². The third-order valence-electron chi connectivity index (χ3n) is 8.02. The molecule has 0 aliphatic heterocycles. The minimum absolute atomic E-state index is 0.228. The van der Waals surface area contributed by atoms with Crippen LogP contribution in [-0.2, 0) is 0 Å². The summed E-state index contributed by atoms with van der Waals surface area (Å²) < 4.78 is 4.26. The largest absolute Gasteiger partial charge is 0.308 e. The maximum absolute atomic E-state index is 13.6. The van der Waals surface area contributed by atoms with E-state index in [0.29, 0.717) is 16.8 Å². The SMILES string of the molecule is N#Cc1cc(C(=O)c2ccc(-n3c4ccccc4c4ccccc43)cn2)ccc1-n1c2ccccc2c2ccccc21. The number of nitrogens with zero attached hydrogens (tertiary/aromatic N) is 4. The number of ketones is 1. The number of nitriles is 1. The number of hydrogen-bond acceptors (Lipinski definition) is 3. The van der Waals surface area contributed by atoms with E-state index in [1.54, 1.807) is 24.4 Å². The van der Waals surface area contributed by atoms with Crippen LogP contribution in [0.5, 0.6) is 0 Å². The number of para-hydroxylation sites is 4. The van der Waals surface area contributed by atoms with E-state index in [2.05, 4.69) is 68.7 Å². The van der Waals surface area contributed by atoms with Gasteiger partial charge < -0.3 is 9.13 Å². The summed E-state index contributed by atoms with van der Waals surface area (Å²) in [6.07, 6.45) is 1.74. The van der Waals surface area contributed by atoms with Crippen LogP contribution in [0.3, 0.4) is 0 Å². The van der Waals surface area contributed by atoms with Gasteiger partial charge in [-0.05, 0) is 54.6 Å². The average Bonchev–Trinajstić information content (AvgIpc) is 3.57. The van der Waals surface area contributed by atoms with Gasteiger partial charge in [-0.3, -0.25) is 9.78 Å². The Bertz CT molecular complexity index is 2280. The molecule has 0 fully saturated rings. The van der Waals surface area contributed by atoms with E-state index in [1.807, 2.05) is 60.7 Å². The summed E-state index contributed by atoms with van der Waals surface area (Å²) in [6, 6.07) is 44.2. The molecular weight excluding hydrogens is 516 g/mol. The molecule has 5 aromatic carbocycles. The van der Waals surface area contributed by atoms with Crippen molar-refractivity contribution in [3.05, 3.63) is 150 Å². The Hall–Kier alpha value is -5.99.